The van der Waals surface area contributed by atoms with Crippen molar-refractivity contribution < 1.29 is 4.79 Å². The molecule has 1 amide bonds. The van der Waals surface area contributed by atoms with Crippen molar-refractivity contribution in [1.29, 1.82) is 0 Å². The molecule has 4 nitrogen and oxygen atoms in total. The van der Waals surface area contributed by atoms with Crippen LogP contribution in [0.15, 0.2) is 40.9 Å². The number of carbonyl (C=O) groups excluding carboxylic acids is 1. The molecule has 1 aliphatic rings. The highest BCUT2D eigenvalue weighted by atomic mass is 16.1. The number of carbonyl (C=O) groups is 1. The number of amides is 1. The Morgan fingerprint density at radius 3 is 2.79 bits per heavy atom. The molecule has 74 valence electrons. The summed E-state index contributed by atoms with van der Waals surface area (Å²) in [5.74, 6) is -0.318. The van der Waals surface area contributed by atoms with Gasteiger partial charge in [-0.1, -0.05) is 31.2 Å². The van der Waals surface area contributed by atoms with Crippen molar-refractivity contribution in [3.8, 4) is 0 Å². The van der Waals surface area contributed by atoms with E-state index < -0.39 is 5.91 Å². The van der Waals surface area contributed by atoms with Crippen molar-refractivity contribution in [2.45, 2.75) is 6.92 Å². The third kappa shape index (κ3) is 2.90. The number of aliphatic imine (C=N–C) groups is 1. The van der Waals surface area contributed by atoms with E-state index in [4.69, 9.17) is 11.5 Å². The van der Waals surface area contributed by atoms with Crippen LogP contribution in [0, 0.1) is 5.92 Å². The SMILES string of the molecule is CC1C=CC=C(C(=O)N=C(N)N)C=C1. The molecular weight excluding hydrogens is 178 g/mol. The molecule has 0 saturated carbocycles. The van der Waals surface area contributed by atoms with Crippen LogP contribution in [0.4, 0.5) is 0 Å². The van der Waals surface area contributed by atoms with E-state index in [2.05, 4.69) is 4.99 Å². The summed E-state index contributed by atoms with van der Waals surface area (Å²) in [6, 6.07) is 0. The van der Waals surface area contributed by atoms with Gasteiger partial charge >= 0.3 is 0 Å². The maximum atomic E-state index is 11.4. The second-order valence-corrected chi connectivity index (χ2v) is 3.07. The van der Waals surface area contributed by atoms with Gasteiger partial charge in [-0.05, 0) is 12.0 Å². The van der Waals surface area contributed by atoms with E-state index in [0.717, 1.165) is 0 Å². The quantitative estimate of drug-likeness (QED) is 0.467. The highest BCUT2D eigenvalue weighted by Crippen LogP contribution is 2.10. The molecule has 0 aromatic carbocycles. The Labute approximate surface area is 82.7 Å². The lowest BCUT2D eigenvalue weighted by Crippen LogP contribution is -2.24. The van der Waals surface area contributed by atoms with Crippen LogP contribution >= 0.6 is 0 Å². The highest BCUT2D eigenvalue weighted by molar-refractivity contribution is 6.03. The van der Waals surface area contributed by atoms with Crippen LogP contribution < -0.4 is 11.5 Å². The molecule has 1 unspecified atom stereocenters. The average Bonchev–Trinajstić information content (AvgIpc) is 2.28. The molecule has 0 saturated heterocycles. The van der Waals surface area contributed by atoms with Crippen molar-refractivity contribution in [3.63, 3.8) is 0 Å². The van der Waals surface area contributed by atoms with E-state index in [1.54, 1.807) is 12.2 Å². The largest absolute Gasteiger partial charge is 0.370 e. The Morgan fingerprint density at radius 1 is 1.43 bits per heavy atom. The number of nitrogens with zero attached hydrogens (tertiary/aromatic N) is 1. The zero-order valence-corrected chi connectivity index (χ0v) is 7.97. The number of guanidine groups is 1. The molecule has 0 aromatic rings. The van der Waals surface area contributed by atoms with Gasteiger partial charge in [0.05, 0.1) is 0 Å². The second-order valence-electron chi connectivity index (χ2n) is 3.07. The van der Waals surface area contributed by atoms with Crippen molar-refractivity contribution in [1.82, 2.24) is 0 Å². The van der Waals surface area contributed by atoms with Crippen LogP contribution in [-0.2, 0) is 4.79 Å². The summed E-state index contributed by atoms with van der Waals surface area (Å²) in [4.78, 5) is 14.8. The average molecular weight is 191 g/mol. The molecule has 0 aromatic heterocycles. The summed E-state index contributed by atoms with van der Waals surface area (Å²) in [6.07, 6.45) is 9.12. The molecule has 1 aliphatic carbocycles. The predicted octanol–water partition coefficient (Wildman–Crippen LogP) is 0.475. The van der Waals surface area contributed by atoms with Crippen molar-refractivity contribution in [3.05, 3.63) is 36.0 Å². The van der Waals surface area contributed by atoms with E-state index in [1.807, 2.05) is 25.2 Å². The van der Waals surface area contributed by atoms with Gasteiger partial charge in [0.25, 0.3) is 5.91 Å². The predicted molar refractivity (Wildman–Crippen MR) is 56.3 cm³/mol. The topological polar surface area (TPSA) is 81.5 Å². The minimum atomic E-state index is -0.417. The Kier molecular flexibility index (Phi) is 3.23. The molecule has 0 spiro atoms. The minimum absolute atomic E-state index is 0.217. The van der Waals surface area contributed by atoms with E-state index in [9.17, 15) is 4.79 Å². The van der Waals surface area contributed by atoms with Gasteiger partial charge in [0.2, 0.25) is 0 Å². The van der Waals surface area contributed by atoms with Crippen LogP contribution in [-0.4, -0.2) is 11.9 Å². The van der Waals surface area contributed by atoms with Gasteiger partial charge in [-0.15, -0.1) is 0 Å². The molecule has 1 rings (SSSR count). The fourth-order valence-electron chi connectivity index (χ4n) is 1.03. The van der Waals surface area contributed by atoms with Crippen molar-refractivity contribution in [2.24, 2.45) is 22.4 Å². The van der Waals surface area contributed by atoms with E-state index in [1.165, 1.54) is 0 Å². The first-order valence-corrected chi connectivity index (χ1v) is 4.30. The third-order valence-electron chi connectivity index (χ3n) is 1.75. The zero-order chi connectivity index (χ0) is 10.6. The van der Waals surface area contributed by atoms with Gasteiger partial charge in [-0.3, -0.25) is 4.79 Å². The summed E-state index contributed by atoms with van der Waals surface area (Å²) < 4.78 is 0. The van der Waals surface area contributed by atoms with Crippen LogP contribution in [0.5, 0.6) is 0 Å². The van der Waals surface area contributed by atoms with Gasteiger partial charge in [-0.2, -0.15) is 4.99 Å². The van der Waals surface area contributed by atoms with Gasteiger partial charge in [0.15, 0.2) is 5.96 Å². The summed E-state index contributed by atoms with van der Waals surface area (Å²) in [6.45, 7) is 2.02. The molecule has 4 heteroatoms. The summed E-state index contributed by atoms with van der Waals surface area (Å²) >= 11 is 0. The smallest absolute Gasteiger partial charge is 0.280 e. The van der Waals surface area contributed by atoms with Gasteiger partial charge in [0, 0.05) is 5.57 Å². The Hall–Kier alpha value is -1.84. The van der Waals surface area contributed by atoms with E-state index in [-0.39, 0.29) is 5.96 Å². The maximum absolute atomic E-state index is 11.4. The van der Waals surface area contributed by atoms with Crippen LogP contribution in [0.2, 0.25) is 0 Å². The molecule has 1 atom stereocenters. The number of hydrogen-bond acceptors (Lipinski definition) is 1. The van der Waals surface area contributed by atoms with Crippen LogP contribution in [0.3, 0.4) is 0 Å². The minimum Gasteiger partial charge on any atom is -0.370 e. The van der Waals surface area contributed by atoms with Gasteiger partial charge in [0.1, 0.15) is 0 Å². The van der Waals surface area contributed by atoms with Crippen molar-refractivity contribution in [2.75, 3.05) is 0 Å². The lowest BCUT2D eigenvalue weighted by Gasteiger charge is -1.95. The Morgan fingerprint density at radius 2 is 2.14 bits per heavy atom. The van der Waals surface area contributed by atoms with E-state index in [0.29, 0.717) is 11.5 Å². The molecule has 0 fully saturated rings. The first kappa shape index (κ1) is 10.2. The first-order chi connectivity index (χ1) is 6.59. The monoisotopic (exact) mass is 191 g/mol. The van der Waals surface area contributed by atoms with Crippen molar-refractivity contribution >= 4 is 11.9 Å². The lowest BCUT2D eigenvalue weighted by atomic mass is 10.1. The van der Waals surface area contributed by atoms with Gasteiger partial charge < -0.3 is 11.5 Å². The maximum Gasteiger partial charge on any atom is 0.280 e. The number of allylic oxidation sites excluding steroid dienone is 4. The van der Waals surface area contributed by atoms with Gasteiger partial charge in [-0.25, -0.2) is 0 Å². The molecule has 4 N–H and O–H groups in total. The fraction of sp³-hybridized carbons (Fsp3) is 0.200. The molecule has 0 bridgehead atoms. The zero-order valence-electron chi connectivity index (χ0n) is 7.97. The molecule has 0 heterocycles. The summed E-state index contributed by atoms with van der Waals surface area (Å²) in [7, 11) is 0. The third-order valence-corrected chi connectivity index (χ3v) is 1.75. The summed E-state index contributed by atoms with van der Waals surface area (Å²) in [5, 5.41) is 0. The molecule has 0 aliphatic heterocycles. The Bertz CT molecular complexity index is 346. The first-order valence-electron chi connectivity index (χ1n) is 4.30. The summed E-state index contributed by atoms with van der Waals surface area (Å²) in [5.41, 5.74) is 10.7. The van der Waals surface area contributed by atoms with Crippen LogP contribution in [0.1, 0.15) is 6.92 Å². The normalized spacial score (nSPS) is 19.8. The second kappa shape index (κ2) is 4.41. The standard InChI is InChI=1S/C10H13N3O/c1-7-3-2-4-8(6-5-7)9(14)13-10(11)12/h2-7H,1H3,(H4,11,12,13,14). The highest BCUT2D eigenvalue weighted by Gasteiger charge is 2.06. The molecular formula is C10H13N3O. The number of hydrogen-bond donors (Lipinski definition) is 2. The lowest BCUT2D eigenvalue weighted by molar-refractivity contribution is -0.114. The fourth-order valence-corrected chi connectivity index (χ4v) is 1.03. The van der Waals surface area contributed by atoms with E-state index >= 15 is 0 Å². The number of nitrogens with two attached hydrogens (primary N) is 2. The molecule has 14 heavy (non-hydrogen) atoms. The Balaban J connectivity index is 2.85. The number of rotatable bonds is 1. The van der Waals surface area contributed by atoms with Crippen LogP contribution in [0.25, 0.3) is 0 Å². The molecule has 0 radical (unpaired) electrons.